The molecule has 0 aliphatic rings. The van der Waals surface area contributed by atoms with Crippen molar-refractivity contribution in [3.05, 3.63) is 63.7 Å². The van der Waals surface area contributed by atoms with Gasteiger partial charge in [0.15, 0.2) is 11.0 Å². The van der Waals surface area contributed by atoms with Crippen molar-refractivity contribution in [2.24, 2.45) is 0 Å². The molecule has 0 atom stereocenters. The lowest BCUT2D eigenvalue weighted by atomic mass is 10.1. The summed E-state index contributed by atoms with van der Waals surface area (Å²) in [6.45, 7) is 4.55. The summed E-state index contributed by atoms with van der Waals surface area (Å²) in [5.41, 5.74) is 2.71. The maximum Gasteiger partial charge on any atom is 0.272 e. The highest BCUT2D eigenvalue weighted by atomic mass is 32.2. The van der Waals surface area contributed by atoms with Crippen LogP contribution in [0.3, 0.4) is 0 Å². The third-order valence-corrected chi connectivity index (χ3v) is 5.37. The number of thioether (sulfide) groups is 1. The van der Waals surface area contributed by atoms with Gasteiger partial charge in [-0.05, 0) is 43.7 Å². The lowest BCUT2D eigenvalue weighted by Crippen LogP contribution is -2.00. The second-order valence-electron chi connectivity index (χ2n) is 5.89. The summed E-state index contributed by atoms with van der Waals surface area (Å²) in [7, 11) is 1.63. The van der Waals surface area contributed by atoms with Crippen molar-refractivity contribution >= 4 is 17.4 Å². The van der Waals surface area contributed by atoms with Crippen molar-refractivity contribution in [1.82, 2.24) is 14.8 Å². The second kappa shape index (κ2) is 8.22. The number of aromatic nitrogens is 3. The molecule has 1 aromatic heterocycles. The lowest BCUT2D eigenvalue weighted by molar-refractivity contribution is -0.385. The summed E-state index contributed by atoms with van der Waals surface area (Å²) in [6, 6.07) is 12.8. The molecule has 0 saturated heterocycles. The Bertz CT molecular complexity index is 954. The van der Waals surface area contributed by atoms with Crippen molar-refractivity contribution < 1.29 is 9.66 Å². The number of nitro benzene ring substituents is 1. The predicted molar refractivity (Wildman–Crippen MR) is 105 cm³/mol. The first kappa shape index (κ1) is 18.9. The van der Waals surface area contributed by atoms with Crippen LogP contribution in [0.5, 0.6) is 5.75 Å². The first-order chi connectivity index (χ1) is 13.0. The summed E-state index contributed by atoms with van der Waals surface area (Å²) in [6.07, 6.45) is 0. The van der Waals surface area contributed by atoms with Gasteiger partial charge in [0.1, 0.15) is 5.75 Å². The van der Waals surface area contributed by atoms with Gasteiger partial charge in [0.05, 0.1) is 12.0 Å². The number of hydrogen-bond acceptors (Lipinski definition) is 6. The van der Waals surface area contributed by atoms with Gasteiger partial charge in [-0.25, -0.2) is 0 Å². The van der Waals surface area contributed by atoms with Crippen molar-refractivity contribution in [2.45, 2.75) is 31.3 Å². The fourth-order valence-corrected chi connectivity index (χ4v) is 3.87. The number of rotatable bonds is 7. The monoisotopic (exact) mass is 384 g/mol. The van der Waals surface area contributed by atoms with Crippen LogP contribution in [0.2, 0.25) is 0 Å². The minimum absolute atomic E-state index is 0.143. The molecule has 3 aromatic rings. The number of nitro groups is 1. The molecule has 0 bridgehead atoms. The number of methoxy groups -OCH3 is 1. The first-order valence-corrected chi connectivity index (χ1v) is 9.47. The normalized spacial score (nSPS) is 10.8. The van der Waals surface area contributed by atoms with Gasteiger partial charge in [-0.1, -0.05) is 23.9 Å². The Morgan fingerprint density at radius 3 is 2.56 bits per heavy atom. The minimum atomic E-state index is -0.347. The van der Waals surface area contributed by atoms with Crippen LogP contribution >= 0.6 is 11.8 Å². The second-order valence-corrected chi connectivity index (χ2v) is 6.83. The van der Waals surface area contributed by atoms with E-state index in [4.69, 9.17) is 4.74 Å². The third kappa shape index (κ3) is 3.95. The molecule has 140 valence electrons. The summed E-state index contributed by atoms with van der Waals surface area (Å²) in [4.78, 5) is 10.8. The molecule has 1 heterocycles. The Labute approximate surface area is 161 Å². The van der Waals surface area contributed by atoms with Crippen molar-refractivity contribution in [3.63, 3.8) is 0 Å². The van der Waals surface area contributed by atoms with Crippen LogP contribution in [-0.4, -0.2) is 26.8 Å². The molecule has 0 unspecified atom stereocenters. The van der Waals surface area contributed by atoms with E-state index in [0.717, 1.165) is 34.4 Å². The van der Waals surface area contributed by atoms with E-state index in [9.17, 15) is 10.1 Å². The van der Waals surface area contributed by atoms with E-state index < -0.39 is 0 Å². The Morgan fingerprint density at radius 2 is 1.93 bits per heavy atom. The smallest absolute Gasteiger partial charge is 0.272 e. The SMILES string of the molecule is CCn1c(SCc2cccc([N+](=O)[O-])c2C)nnc1-c1ccc(OC)cc1. The van der Waals surface area contributed by atoms with E-state index in [1.807, 2.05) is 41.8 Å². The average molecular weight is 384 g/mol. The third-order valence-electron chi connectivity index (χ3n) is 4.35. The topological polar surface area (TPSA) is 83.1 Å². The van der Waals surface area contributed by atoms with E-state index in [-0.39, 0.29) is 10.6 Å². The van der Waals surface area contributed by atoms with Gasteiger partial charge in [-0.2, -0.15) is 0 Å². The van der Waals surface area contributed by atoms with Crippen LogP contribution in [-0.2, 0) is 12.3 Å². The average Bonchev–Trinajstić information content (AvgIpc) is 3.10. The van der Waals surface area contributed by atoms with Crippen LogP contribution in [0.1, 0.15) is 18.1 Å². The molecule has 0 amide bonds. The fraction of sp³-hybridized carbons (Fsp3) is 0.263. The maximum atomic E-state index is 11.1. The zero-order valence-corrected chi connectivity index (χ0v) is 16.2. The molecular formula is C19H20N4O3S. The van der Waals surface area contributed by atoms with Crippen molar-refractivity contribution in [3.8, 4) is 17.1 Å². The molecule has 2 aromatic carbocycles. The molecule has 0 N–H and O–H groups in total. The molecule has 0 fully saturated rings. The van der Waals surface area contributed by atoms with Crippen molar-refractivity contribution in [2.75, 3.05) is 7.11 Å². The highest BCUT2D eigenvalue weighted by molar-refractivity contribution is 7.98. The van der Waals surface area contributed by atoms with Crippen LogP contribution < -0.4 is 4.74 Å². The van der Waals surface area contributed by atoms with Crippen LogP contribution in [0.25, 0.3) is 11.4 Å². The number of nitrogens with zero attached hydrogens (tertiary/aromatic N) is 4. The Balaban J connectivity index is 1.83. The van der Waals surface area contributed by atoms with E-state index in [2.05, 4.69) is 10.2 Å². The molecular weight excluding hydrogens is 364 g/mol. The zero-order chi connectivity index (χ0) is 19.4. The molecule has 3 rings (SSSR count). The van der Waals surface area contributed by atoms with E-state index in [0.29, 0.717) is 11.3 Å². The Morgan fingerprint density at radius 1 is 1.19 bits per heavy atom. The van der Waals surface area contributed by atoms with Crippen LogP contribution in [0, 0.1) is 17.0 Å². The number of benzene rings is 2. The van der Waals surface area contributed by atoms with Crippen LogP contribution in [0.4, 0.5) is 5.69 Å². The van der Waals surface area contributed by atoms with Gasteiger partial charge in [0, 0.05) is 29.5 Å². The standard InChI is InChI=1S/C19H20N4O3S/c1-4-22-18(14-8-10-16(26-3)11-9-14)20-21-19(22)27-12-15-6-5-7-17(13(15)2)23(24)25/h5-11H,4,12H2,1-3H3. The highest BCUT2D eigenvalue weighted by Gasteiger charge is 2.16. The lowest BCUT2D eigenvalue weighted by Gasteiger charge is -2.09. The minimum Gasteiger partial charge on any atom is -0.497 e. The zero-order valence-electron chi connectivity index (χ0n) is 15.4. The Kier molecular flexibility index (Phi) is 5.75. The molecule has 7 nitrogen and oxygen atoms in total. The maximum absolute atomic E-state index is 11.1. The fourth-order valence-electron chi connectivity index (χ4n) is 2.80. The predicted octanol–water partition coefficient (Wildman–Crippen LogP) is 4.48. The summed E-state index contributed by atoms with van der Waals surface area (Å²) >= 11 is 1.52. The molecule has 0 spiro atoms. The molecule has 0 aliphatic heterocycles. The van der Waals surface area contributed by atoms with Crippen molar-refractivity contribution in [1.29, 1.82) is 0 Å². The molecule has 27 heavy (non-hydrogen) atoms. The van der Waals surface area contributed by atoms with Gasteiger partial charge >= 0.3 is 0 Å². The Hall–Kier alpha value is -2.87. The van der Waals surface area contributed by atoms with E-state index in [1.165, 1.54) is 17.8 Å². The molecule has 0 saturated carbocycles. The van der Waals surface area contributed by atoms with Crippen LogP contribution in [0.15, 0.2) is 47.6 Å². The van der Waals surface area contributed by atoms with Gasteiger partial charge in [-0.15, -0.1) is 10.2 Å². The number of ether oxygens (including phenoxy) is 1. The summed E-state index contributed by atoms with van der Waals surface area (Å²) in [5, 5.41) is 20.6. The van der Waals surface area contributed by atoms with Gasteiger partial charge in [0.25, 0.3) is 5.69 Å². The quantitative estimate of drug-likeness (QED) is 0.339. The largest absolute Gasteiger partial charge is 0.497 e. The number of hydrogen-bond donors (Lipinski definition) is 0. The van der Waals surface area contributed by atoms with Gasteiger partial charge < -0.3 is 9.30 Å². The highest BCUT2D eigenvalue weighted by Crippen LogP contribution is 2.30. The summed E-state index contributed by atoms with van der Waals surface area (Å²) < 4.78 is 7.24. The summed E-state index contributed by atoms with van der Waals surface area (Å²) in [5.74, 6) is 2.17. The molecule has 8 heteroatoms. The van der Waals surface area contributed by atoms with E-state index in [1.54, 1.807) is 20.1 Å². The van der Waals surface area contributed by atoms with Gasteiger partial charge in [-0.3, -0.25) is 10.1 Å². The van der Waals surface area contributed by atoms with E-state index >= 15 is 0 Å². The molecule has 0 radical (unpaired) electrons. The first-order valence-electron chi connectivity index (χ1n) is 8.48. The van der Waals surface area contributed by atoms with Gasteiger partial charge in [0.2, 0.25) is 0 Å². The molecule has 0 aliphatic carbocycles.